The molecule has 2 aromatic heterocycles. The van der Waals surface area contributed by atoms with Gasteiger partial charge in [-0.1, -0.05) is 12.1 Å². The molecule has 3 unspecified atom stereocenters. The van der Waals surface area contributed by atoms with E-state index in [1.807, 2.05) is 0 Å². The molecule has 3 atom stereocenters. The van der Waals surface area contributed by atoms with E-state index in [0.29, 0.717) is 5.69 Å². The third-order valence-corrected chi connectivity index (χ3v) is 5.62. The Balaban J connectivity index is 2.33. The van der Waals surface area contributed by atoms with E-state index in [1.165, 1.54) is 23.0 Å². The summed E-state index contributed by atoms with van der Waals surface area (Å²) in [5.41, 5.74) is 0.557. The van der Waals surface area contributed by atoms with Gasteiger partial charge >= 0.3 is 12.1 Å². The second-order valence-electron chi connectivity index (χ2n) is 7.64. The topological polar surface area (TPSA) is 125 Å². The number of carbonyl (C=O) groups is 1. The number of aromatic nitrogens is 4. The van der Waals surface area contributed by atoms with Crippen LogP contribution in [0.25, 0.3) is 0 Å². The molecule has 9 nitrogen and oxygen atoms in total. The minimum absolute atomic E-state index is 0.0858. The van der Waals surface area contributed by atoms with Crippen LogP contribution >= 0.6 is 0 Å². The summed E-state index contributed by atoms with van der Waals surface area (Å²) in [7, 11) is 0. The molecule has 0 fully saturated rings. The van der Waals surface area contributed by atoms with Crippen LogP contribution in [0, 0.1) is 0 Å². The van der Waals surface area contributed by atoms with E-state index in [9.17, 15) is 27.6 Å². The molecule has 172 valence electrons. The van der Waals surface area contributed by atoms with Gasteiger partial charge in [0.05, 0.1) is 18.1 Å². The van der Waals surface area contributed by atoms with Crippen LogP contribution in [0.3, 0.4) is 0 Å². The first-order valence-electron chi connectivity index (χ1n) is 9.30. The van der Waals surface area contributed by atoms with Gasteiger partial charge in [0, 0.05) is 11.4 Å². The molecular weight excluding hydrogens is 439 g/mol. The number of pyridine rings is 1. The molecule has 0 saturated carbocycles. The SMILES string of the molecule is CCC(C(=O)O)n1cc(C(N[S+]([O-])C(C)(C)C)c2ccc(OCC(F)(F)F)cn2)nn1. The van der Waals surface area contributed by atoms with Crippen LogP contribution in [0.4, 0.5) is 13.2 Å². The van der Waals surface area contributed by atoms with E-state index >= 15 is 0 Å². The van der Waals surface area contributed by atoms with Crippen molar-refractivity contribution in [1.29, 1.82) is 0 Å². The predicted molar refractivity (Wildman–Crippen MR) is 106 cm³/mol. The number of carboxylic acids is 1. The Morgan fingerprint density at radius 2 is 2.00 bits per heavy atom. The van der Waals surface area contributed by atoms with Gasteiger partial charge in [0.15, 0.2) is 12.6 Å². The summed E-state index contributed by atoms with van der Waals surface area (Å²) in [6.07, 6.45) is -1.68. The summed E-state index contributed by atoms with van der Waals surface area (Å²) < 4.78 is 57.8. The summed E-state index contributed by atoms with van der Waals surface area (Å²) in [5.74, 6) is -1.16. The fourth-order valence-corrected chi connectivity index (χ4v) is 3.23. The maximum absolute atomic E-state index is 12.7. The zero-order chi connectivity index (χ0) is 23.4. The molecule has 2 heterocycles. The zero-order valence-electron chi connectivity index (χ0n) is 17.4. The molecule has 0 bridgehead atoms. The molecule has 0 aliphatic heterocycles. The normalized spacial score (nSPS) is 15.4. The Labute approximate surface area is 180 Å². The van der Waals surface area contributed by atoms with Crippen molar-refractivity contribution in [3.63, 3.8) is 0 Å². The highest BCUT2D eigenvalue weighted by Crippen LogP contribution is 2.26. The highest BCUT2D eigenvalue weighted by Gasteiger charge is 2.33. The lowest BCUT2D eigenvalue weighted by atomic mass is 10.1. The van der Waals surface area contributed by atoms with Crippen LogP contribution in [-0.2, 0) is 16.2 Å². The highest BCUT2D eigenvalue weighted by atomic mass is 32.2. The zero-order valence-corrected chi connectivity index (χ0v) is 18.2. The second-order valence-corrected chi connectivity index (χ2v) is 9.64. The Morgan fingerprint density at radius 3 is 2.48 bits per heavy atom. The molecule has 0 amide bonds. The number of nitrogens with zero attached hydrogens (tertiary/aromatic N) is 4. The van der Waals surface area contributed by atoms with Gasteiger partial charge in [0.2, 0.25) is 0 Å². The molecule has 0 spiro atoms. The third-order valence-electron chi connectivity index (χ3n) is 4.05. The van der Waals surface area contributed by atoms with Crippen molar-refractivity contribution in [3.8, 4) is 5.75 Å². The Kier molecular flexibility index (Phi) is 7.89. The number of carboxylic acid groups (broad SMARTS) is 1. The Bertz CT molecular complexity index is 870. The maximum atomic E-state index is 12.7. The molecule has 13 heteroatoms. The highest BCUT2D eigenvalue weighted by molar-refractivity contribution is 7.90. The van der Waals surface area contributed by atoms with Crippen molar-refractivity contribution >= 4 is 17.3 Å². The van der Waals surface area contributed by atoms with Gasteiger partial charge in [0.1, 0.15) is 22.2 Å². The number of alkyl halides is 3. The van der Waals surface area contributed by atoms with Crippen LogP contribution in [0.5, 0.6) is 5.75 Å². The molecule has 2 rings (SSSR count). The number of hydrogen-bond donors (Lipinski definition) is 2. The monoisotopic (exact) mass is 463 g/mol. The van der Waals surface area contributed by atoms with Gasteiger partial charge in [0.25, 0.3) is 0 Å². The number of ether oxygens (including phenoxy) is 1. The van der Waals surface area contributed by atoms with E-state index in [1.54, 1.807) is 27.7 Å². The smallest absolute Gasteiger partial charge is 0.422 e. The van der Waals surface area contributed by atoms with Crippen molar-refractivity contribution in [2.45, 2.75) is 57.1 Å². The Hall–Kier alpha value is -2.38. The van der Waals surface area contributed by atoms with Gasteiger partial charge in [-0.25, -0.2) is 9.48 Å². The molecule has 0 radical (unpaired) electrons. The summed E-state index contributed by atoms with van der Waals surface area (Å²) in [6, 6.07) is 0.939. The van der Waals surface area contributed by atoms with E-state index in [4.69, 9.17) is 0 Å². The van der Waals surface area contributed by atoms with Gasteiger partial charge in [-0.3, -0.25) is 4.98 Å². The fraction of sp³-hybridized carbons (Fsp3) is 0.556. The number of hydrogen-bond acceptors (Lipinski definition) is 7. The summed E-state index contributed by atoms with van der Waals surface area (Å²) in [4.78, 5) is 15.5. The number of aliphatic carboxylic acids is 1. The van der Waals surface area contributed by atoms with Crippen molar-refractivity contribution < 1.29 is 32.4 Å². The number of rotatable bonds is 9. The first-order valence-corrected chi connectivity index (χ1v) is 10.4. The van der Waals surface area contributed by atoms with Crippen molar-refractivity contribution in [2.24, 2.45) is 0 Å². The molecule has 0 aromatic carbocycles. The quantitative estimate of drug-likeness (QED) is 0.544. The molecule has 2 N–H and O–H groups in total. The third kappa shape index (κ3) is 7.08. The van der Waals surface area contributed by atoms with Crippen molar-refractivity contribution in [3.05, 3.63) is 35.9 Å². The summed E-state index contributed by atoms with van der Waals surface area (Å²) in [6.45, 7) is 5.49. The van der Waals surface area contributed by atoms with Gasteiger partial charge in [-0.2, -0.15) is 13.2 Å². The number of nitrogens with one attached hydrogen (secondary N) is 1. The molecule has 0 aliphatic carbocycles. The largest absolute Gasteiger partial charge is 0.598 e. The van der Waals surface area contributed by atoms with E-state index in [0.717, 1.165) is 6.20 Å². The first-order chi connectivity index (χ1) is 14.3. The molecule has 2 aromatic rings. The minimum atomic E-state index is -4.48. The molecule has 0 saturated heterocycles. The van der Waals surface area contributed by atoms with Crippen LogP contribution in [-0.4, -0.2) is 53.1 Å². The molecule has 31 heavy (non-hydrogen) atoms. The second kappa shape index (κ2) is 9.83. The van der Waals surface area contributed by atoms with Crippen LogP contribution in [0.1, 0.15) is 57.6 Å². The van der Waals surface area contributed by atoms with Crippen LogP contribution in [0.2, 0.25) is 0 Å². The average molecular weight is 463 g/mol. The van der Waals surface area contributed by atoms with E-state index in [-0.39, 0.29) is 17.9 Å². The van der Waals surface area contributed by atoms with Gasteiger partial charge in [-0.05, 0) is 39.3 Å². The van der Waals surface area contributed by atoms with E-state index in [2.05, 4.69) is 24.8 Å². The maximum Gasteiger partial charge on any atom is 0.422 e. The minimum Gasteiger partial charge on any atom is -0.598 e. The lowest BCUT2D eigenvalue weighted by molar-refractivity contribution is -0.153. The molecular formula is C18H24F3N5O4S. The summed E-state index contributed by atoms with van der Waals surface area (Å²) >= 11 is -1.56. The van der Waals surface area contributed by atoms with Crippen LogP contribution < -0.4 is 9.46 Å². The molecule has 0 aliphatic rings. The van der Waals surface area contributed by atoms with Gasteiger partial charge in [-0.15, -0.1) is 9.82 Å². The lowest BCUT2D eigenvalue weighted by Gasteiger charge is -2.27. The standard InChI is InChI=1S/C18H24F3N5O4S/c1-5-14(16(27)28)26-9-13(23-25-26)15(24-31(29)17(2,3)4)12-7-6-11(8-22-12)30-10-18(19,20)21/h6-9,14-15,24H,5,10H2,1-4H3,(H,27,28). The lowest BCUT2D eigenvalue weighted by Crippen LogP contribution is -2.42. The van der Waals surface area contributed by atoms with Gasteiger partial charge < -0.3 is 14.4 Å². The predicted octanol–water partition coefficient (Wildman–Crippen LogP) is 2.79. The van der Waals surface area contributed by atoms with Crippen molar-refractivity contribution in [2.75, 3.05) is 6.61 Å². The van der Waals surface area contributed by atoms with Crippen LogP contribution in [0.15, 0.2) is 24.5 Å². The first kappa shape index (κ1) is 24.9. The fourth-order valence-electron chi connectivity index (χ4n) is 2.42. The summed E-state index contributed by atoms with van der Waals surface area (Å²) in [5, 5.41) is 17.2. The Morgan fingerprint density at radius 1 is 1.32 bits per heavy atom. The van der Waals surface area contributed by atoms with Crippen molar-refractivity contribution in [1.82, 2.24) is 24.7 Å². The number of halogens is 3. The average Bonchev–Trinajstić information content (AvgIpc) is 3.13. The van der Waals surface area contributed by atoms with E-state index < -0.39 is 46.9 Å².